The second-order valence-corrected chi connectivity index (χ2v) is 5.26. The van der Waals surface area contributed by atoms with Crippen molar-refractivity contribution in [3.05, 3.63) is 18.2 Å². The summed E-state index contributed by atoms with van der Waals surface area (Å²) in [6.45, 7) is 6.06. The van der Waals surface area contributed by atoms with Gasteiger partial charge in [0.25, 0.3) is 0 Å². The van der Waals surface area contributed by atoms with E-state index in [0.717, 1.165) is 31.0 Å². The molecule has 18 heavy (non-hydrogen) atoms. The first-order valence-corrected chi connectivity index (χ1v) is 6.14. The van der Waals surface area contributed by atoms with Gasteiger partial charge in [0, 0.05) is 43.8 Å². The number of ether oxygens (including phenoxy) is 2. The molecule has 0 spiro atoms. The molecule has 0 bridgehead atoms. The maximum atomic E-state index is 5.81. The normalized spacial score (nSPS) is 11.3. The van der Waals surface area contributed by atoms with Crippen molar-refractivity contribution in [1.82, 2.24) is 0 Å². The number of benzene rings is 1. The fraction of sp³-hybridized carbons (Fsp3) is 0.571. The molecular weight excluding hydrogens is 228 g/mol. The molecule has 0 aliphatic heterocycles. The van der Waals surface area contributed by atoms with Crippen molar-refractivity contribution in [2.45, 2.75) is 20.3 Å². The van der Waals surface area contributed by atoms with Gasteiger partial charge in [0.05, 0.1) is 7.11 Å². The molecule has 0 saturated carbocycles. The fourth-order valence-corrected chi connectivity index (χ4v) is 1.65. The molecule has 0 amide bonds. The number of nitrogen functional groups attached to an aromatic ring is 1. The summed E-state index contributed by atoms with van der Waals surface area (Å²) in [5.74, 6) is 0.771. The van der Waals surface area contributed by atoms with Crippen LogP contribution in [-0.2, 0) is 4.74 Å². The molecular formula is C14H24N2O2. The van der Waals surface area contributed by atoms with E-state index >= 15 is 0 Å². The van der Waals surface area contributed by atoms with Gasteiger partial charge >= 0.3 is 0 Å². The lowest BCUT2D eigenvalue weighted by Gasteiger charge is -2.25. The molecule has 4 heteroatoms. The summed E-state index contributed by atoms with van der Waals surface area (Å²) in [6.07, 6.45) is 1.01. The lowest BCUT2D eigenvalue weighted by Crippen LogP contribution is -2.24. The maximum Gasteiger partial charge on any atom is 0.122 e. The average molecular weight is 252 g/mol. The van der Waals surface area contributed by atoms with Crippen molar-refractivity contribution < 1.29 is 9.47 Å². The highest BCUT2D eigenvalue weighted by Crippen LogP contribution is 2.25. The summed E-state index contributed by atoms with van der Waals surface area (Å²) in [7, 11) is 3.37. The lowest BCUT2D eigenvalue weighted by molar-refractivity contribution is 0.157. The van der Waals surface area contributed by atoms with Crippen LogP contribution in [0.1, 0.15) is 20.3 Å². The summed E-state index contributed by atoms with van der Waals surface area (Å²) in [5.41, 5.74) is 7.67. The van der Waals surface area contributed by atoms with Gasteiger partial charge in [-0.25, -0.2) is 0 Å². The first-order chi connectivity index (χ1) is 8.46. The van der Waals surface area contributed by atoms with Crippen LogP contribution in [0.3, 0.4) is 0 Å². The largest absolute Gasteiger partial charge is 0.497 e. The van der Waals surface area contributed by atoms with Crippen LogP contribution >= 0.6 is 0 Å². The second-order valence-electron chi connectivity index (χ2n) is 5.26. The Morgan fingerprint density at radius 1 is 1.22 bits per heavy atom. The van der Waals surface area contributed by atoms with E-state index in [9.17, 15) is 0 Å². The Labute approximate surface area is 109 Å². The average Bonchev–Trinajstić information content (AvgIpc) is 2.33. The maximum absolute atomic E-state index is 5.81. The zero-order valence-corrected chi connectivity index (χ0v) is 11.7. The Kier molecular flexibility index (Phi) is 5.28. The van der Waals surface area contributed by atoms with Crippen molar-refractivity contribution in [2.24, 2.45) is 5.41 Å². The second kappa shape index (κ2) is 6.50. The molecule has 0 heterocycles. The van der Waals surface area contributed by atoms with E-state index < -0.39 is 0 Å². The summed E-state index contributed by atoms with van der Waals surface area (Å²) in [5, 5.41) is 3.39. The van der Waals surface area contributed by atoms with Gasteiger partial charge in [0.1, 0.15) is 5.75 Å². The first-order valence-electron chi connectivity index (χ1n) is 6.14. The fourth-order valence-electron chi connectivity index (χ4n) is 1.65. The van der Waals surface area contributed by atoms with Crippen LogP contribution in [0.25, 0.3) is 0 Å². The van der Waals surface area contributed by atoms with Crippen LogP contribution in [0, 0.1) is 5.41 Å². The highest BCUT2D eigenvalue weighted by molar-refractivity contribution is 5.59. The Balaban J connectivity index is 2.59. The predicted molar refractivity (Wildman–Crippen MR) is 76.2 cm³/mol. The first kappa shape index (κ1) is 14.6. The molecule has 0 radical (unpaired) electrons. The number of nitrogens with one attached hydrogen (secondary N) is 1. The highest BCUT2D eigenvalue weighted by Gasteiger charge is 2.17. The Hall–Kier alpha value is -1.42. The monoisotopic (exact) mass is 252 g/mol. The van der Waals surface area contributed by atoms with Crippen molar-refractivity contribution in [1.29, 1.82) is 0 Å². The molecule has 1 aromatic carbocycles. The van der Waals surface area contributed by atoms with Gasteiger partial charge in [0.2, 0.25) is 0 Å². The minimum Gasteiger partial charge on any atom is -0.497 e. The molecule has 1 aromatic rings. The van der Waals surface area contributed by atoms with Gasteiger partial charge in [-0.3, -0.25) is 0 Å². The summed E-state index contributed by atoms with van der Waals surface area (Å²) < 4.78 is 10.3. The molecule has 0 atom stereocenters. The molecule has 3 N–H and O–H groups in total. The van der Waals surface area contributed by atoms with Crippen molar-refractivity contribution in [2.75, 3.05) is 38.4 Å². The van der Waals surface area contributed by atoms with E-state index in [2.05, 4.69) is 19.2 Å². The van der Waals surface area contributed by atoms with E-state index in [1.54, 1.807) is 20.3 Å². The smallest absolute Gasteiger partial charge is 0.122 e. The zero-order chi connectivity index (χ0) is 13.6. The zero-order valence-electron chi connectivity index (χ0n) is 11.7. The Morgan fingerprint density at radius 2 is 1.94 bits per heavy atom. The third kappa shape index (κ3) is 4.84. The number of nitrogens with two attached hydrogens (primary N) is 1. The van der Waals surface area contributed by atoms with E-state index in [1.807, 2.05) is 12.1 Å². The van der Waals surface area contributed by atoms with Crippen LogP contribution in [0.4, 0.5) is 11.4 Å². The van der Waals surface area contributed by atoms with Crippen LogP contribution in [0.15, 0.2) is 18.2 Å². The minimum absolute atomic E-state index is 0.174. The van der Waals surface area contributed by atoms with Crippen molar-refractivity contribution >= 4 is 11.4 Å². The Bertz CT molecular complexity index is 378. The third-order valence-electron chi connectivity index (χ3n) is 2.92. The number of hydrogen-bond acceptors (Lipinski definition) is 4. The third-order valence-corrected chi connectivity index (χ3v) is 2.92. The summed E-state index contributed by atoms with van der Waals surface area (Å²) in [6, 6.07) is 5.67. The SMILES string of the molecule is COCCC(C)(C)CNc1cc(N)cc(OC)c1. The lowest BCUT2D eigenvalue weighted by atomic mass is 9.89. The number of rotatable bonds is 7. The summed E-state index contributed by atoms with van der Waals surface area (Å²) >= 11 is 0. The molecule has 0 fully saturated rings. The molecule has 102 valence electrons. The topological polar surface area (TPSA) is 56.5 Å². The molecule has 0 aromatic heterocycles. The van der Waals surface area contributed by atoms with Gasteiger partial charge in [-0.15, -0.1) is 0 Å². The van der Waals surface area contributed by atoms with Crippen LogP contribution in [0.5, 0.6) is 5.75 Å². The van der Waals surface area contributed by atoms with Gasteiger partial charge in [0.15, 0.2) is 0 Å². The Morgan fingerprint density at radius 3 is 2.56 bits per heavy atom. The van der Waals surface area contributed by atoms with Gasteiger partial charge < -0.3 is 20.5 Å². The van der Waals surface area contributed by atoms with Crippen LogP contribution in [-0.4, -0.2) is 27.4 Å². The van der Waals surface area contributed by atoms with Crippen LogP contribution in [0.2, 0.25) is 0 Å². The molecule has 0 aliphatic carbocycles. The van der Waals surface area contributed by atoms with Gasteiger partial charge in [-0.05, 0) is 17.9 Å². The van der Waals surface area contributed by atoms with E-state index in [1.165, 1.54) is 0 Å². The van der Waals surface area contributed by atoms with Gasteiger partial charge in [-0.1, -0.05) is 13.8 Å². The molecule has 0 saturated heterocycles. The predicted octanol–water partition coefficient (Wildman–Crippen LogP) is 2.75. The molecule has 1 rings (SSSR count). The van der Waals surface area contributed by atoms with Crippen molar-refractivity contribution in [3.63, 3.8) is 0 Å². The van der Waals surface area contributed by atoms with Gasteiger partial charge in [-0.2, -0.15) is 0 Å². The standard InChI is InChI=1S/C14H24N2O2/c1-14(2,5-6-17-3)10-16-12-7-11(15)8-13(9-12)18-4/h7-9,16H,5-6,10,15H2,1-4H3. The molecule has 0 unspecified atom stereocenters. The van der Waals surface area contributed by atoms with Crippen LogP contribution < -0.4 is 15.8 Å². The number of hydrogen-bond donors (Lipinski definition) is 2. The number of methoxy groups -OCH3 is 2. The van der Waals surface area contributed by atoms with Crippen molar-refractivity contribution in [3.8, 4) is 5.75 Å². The van der Waals surface area contributed by atoms with E-state index in [0.29, 0.717) is 5.69 Å². The minimum atomic E-state index is 0.174. The van der Waals surface area contributed by atoms with E-state index in [4.69, 9.17) is 15.2 Å². The molecule has 4 nitrogen and oxygen atoms in total. The van der Waals surface area contributed by atoms with E-state index in [-0.39, 0.29) is 5.41 Å². The highest BCUT2D eigenvalue weighted by atomic mass is 16.5. The number of anilines is 2. The quantitative estimate of drug-likeness (QED) is 0.733. The molecule has 0 aliphatic rings. The summed E-state index contributed by atoms with van der Waals surface area (Å²) in [4.78, 5) is 0.